The monoisotopic (exact) mass is 283 g/mol. The second kappa shape index (κ2) is 5.45. The molecule has 110 valence electrons. The van der Waals surface area contributed by atoms with Gasteiger partial charge in [0.25, 0.3) is 5.91 Å². The fourth-order valence-corrected chi connectivity index (χ4v) is 3.11. The Labute approximate surface area is 125 Å². The number of hydrogen-bond donors (Lipinski definition) is 1. The normalized spacial score (nSPS) is 22.5. The van der Waals surface area contributed by atoms with Crippen molar-refractivity contribution in [1.82, 2.24) is 15.2 Å². The van der Waals surface area contributed by atoms with Crippen molar-refractivity contribution in [3.63, 3.8) is 0 Å². The third-order valence-corrected chi connectivity index (χ3v) is 3.99. The molecule has 1 aliphatic heterocycles. The smallest absolute Gasteiger partial charge is 0.272 e. The zero-order valence-electron chi connectivity index (χ0n) is 12.8. The molecule has 0 bridgehead atoms. The van der Waals surface area contributed by atoms with Crippen LogP contribution in [0.1, 0.15) is 29.9 Å². The average molecular weight is 283 g/mol. The molecule has 0 radical (unpaired) electrons. The first-order valence-corrected chi connectivity index (χ1v) is 7.46. The molecule has 21 heavy (non-hydrogen) atoms. The highest BCUT2D eigenvalue weighted by Crippen LogP contribution is 2.19. The Hall–Kier alpha value is -1.94. The Bertz CT molecular complexity index is 673. The van der Waals surface area contributed by atoms with Crippen molar-refractivity contribution < 1.29 is 4.79 Å². The van der Waals surface area contributed by atoms with Crippen molar-refractivity contribution in [2.24, 2.45) is 0 Å². The van der Waals surface area contributed by atoms with Gasteiger partial charge < -0.3 is 10.2 Å². The van der Waals surface area contributed by atoms with Gasteiger partial charge in [0.1, 0.15) is 5.69 Å². The lowest BCUT2D eigenvalue weighted by Crippen LogP contribution is -2.55. The standard InChI is InChI=1S/C17H21N3O/c1-11-8-16(19-15-7-5-4-6-14(11)15)17(21)20-9-12(2)18-13(3)10-20/h4-8,12-13,18H,9-10H2,1-3H3/t12-,13+. The van der Waals surface area contributed by atoms with Gasteiger partial charge in [0, 0.05) is 30.6 Å². The Morgan fingerprint density at radius 3 is 2.62 bits per heavy atom. The molecule has 0 unspecified atom stereocenters. The van der Waals surface area contributed by atoms with E-state index in [2.05, 4.69) is 24.1 Å². The van der Waals surface area contributed by atoms with Crippen LogP contribution in [0.5, 0.6) is 0 Å². The number of aryl methyl sites for hydroxylation is 1. The minimum Gasteiger partial charge on any atom is -0.334 e. The lowest BCUT2D eigenvalue weighted by atomic mass is 10.1. The van der Waals surface area contributed by atoms with Crippen LogP contribution in [-0.4, -0.2) is 41.0 Å². The summed E-state index contributed by atoms with van der Waals surface area (Å²) in [5.41, 5.74) is 2.53. The second-order valence-corrected chi connectivity index (χ2v) is 6.02. The van der Waals surface area contributed by atoms with E-state index in [-0.39, 0.29) is 5.91 Å². The van der Waals surface area contributed by atoms with E-state index in [0.717, 1.165) is 29.6 Å². The molecule has 1 N–H and O–H groups in total. The van der Waals surface area contributed by atoms with Gasteiger partial charge in [0.15, 0.2) is 0 Å². The van der Waals surface area contributed by atoms with Gasteiger partial charge in [-0.2, -0.15) is 0 Å². The number of amides is 1. The summed E-state index contributed by atoms with van der Waals surface area (Å²) in [6, 6.07) is 10.5. The Kier molecular flexibility index (Phi) is 3.64. The predicted octanol–water partition coefficient (Wildman–Crippen LogP) is 2.37. The van der Waals surface area contributed by atoms with Crippen molar-refractivity contribution in [3.05, 3.63) is 41.6 Å². The number of carbonyl (C=O) groups is 1. The molecular formula is C17H21N3O. The summed E-state index contributed by atoms with van der Waals surface area (Å²) < 4.78 is 0. The maximum atomic E-state index is 12.7. The summed E-state index contributed by atoms with van der Waals surface area (Å²) in [4.78, 5) is 19.2. The van der Waals surface area contributed by atoms with Crippen LogP contribution in [0.4, 0.5) is 0 Å². The van der Waals surface area contributed by atoms with E-state index in [1.165, 1.54) is 0 Å². The maximum Gasteiger partial charge on any atom is 0.272 e. The molecule has 4 heteroatoms. The van der Waals surface area contributed by atoms with Crippen molar-refractivity contribution in [2.45, 2.75) is 32.9 Å². The van der Waals surface area contributed by atoms with Crippen LogP contribution >= 0.6 is 0 Å². The first kappa shape index (κ1) is 14.0. The molecule has 3 rings (SSSR count). The predicted molar refractivity (Wildman–Crippen MR) is 84.4 cm³/mol. The van der Waals surface area contributed by atoms with Crippen molar-refractivity contribution in [3.8, 4) is 0 Å². The molecular weight excluding hydrogens is 262 g/mol. The quantitative estimate of drug-likeness (QED) is 0.874. The van der Waals surface area contributed by atoms with Gasteiger partial charge in [-0.3, -0.25) is 4.79 Å². The summed E-state index contributed by atoms with van der Waals surface area (Å²) in [5.74, 6) is 0.0315. The molecule has 1 aromatic carbocycles. The zero-order valence-corrected chi connectivity index (χ0v) is 12.8. The number of nitrogens with zero attached hydrogens (tertiary/aromatic N) is 2. The molecule has 1 aromatic heterocycles. The largest absolute Gasteiger partial charge is 0.334 e. The van der Waals surface area contributed by atoms with E-state index >= 15 is 0 Å². The van der Waals surface area contributed by atoms with Crippen LogP contribution in [0.3, 0.4) is 0 Å². The van der Waals surface area contributed by atoms with Gasteiger partial charge in [-0.05, 0) is 38.5 Å². The highest BCUT2D eigenvalue weighted by atomic mass is 16.2. The van der Waals surface area contributed by atoms with Crippen molar-refractivity contribution in [1.29, 1.82) is 0 Å². The van der Waals surface area contributed by atoms with Crippen LogP contribution in [0.25, 0.3) is 10.9 Å². The number of benzene rings is 1. The molecule has 0 saturated carbocycles. The molecule has 2 atom stereocenters. The number of para-hydroxylation sites is 1. The maximum absolute atomic E-state index is 12.7. The fourth-order valence-electron chi connectivity index (χ4n) is 3.11. The lowest BCUT2D eigenvalue weighted by Gasteiger charge is -2.36. The summed E-state index contributed by atoms with van der Waals surface area (Å²) in [5, 5.41) is 4.55. The van der Waals surface area contributed by atoms with E-state index in [4.69, 9.17) is 0 Å². The molecule has 2 heterocycles. The van der Waals surface area contributed by atoms with E-state index in [1.807, 2.05) is 42.2 Å². The van der Waals surface area contributed by atoms with Crippen molar-refractivity contribution >= 4 is 16.8 Å². The number of piperazine rings is 1. The van der Waals surface area contributed by atoms with E-state index in [9.17, 15) is 4.79 Å². The minimum atomic E-state index is 0.0315. The molecule has 1 fully saturated rings. The van der Waals surface area contributed by atoms with Crippen LogP contribution in [0.2, 0.25) is 0 Å². The molecule has 0 aliphatic carbocycles. The zero-order chi connectivity index (χ0) is 15.0. The lowest BCUT2D eigenvalue weighted by molar-refractivity contribution is 0.0668. The molecule has 2 aromatic rings. The number of fused-ring (bicyclic) bond motifs is 1. The first-order valence-electron chi connectivity index (χ1n) is 7.46. The summed E-state index contributed by atoms with van der Waals surface area (Å²) >= 11 is 0. The number of rotatable bonds is 1. The average Bonchev–Trinajstić information content (AvgIpc) is 2.45. The van der Waals surface area contributed by atoms with Gasteiger partial charge in [-0.1, -0.05) is 18.2 Å². The SMILES string of the molecule is Cc1cc(C(=O)N2C[C@@H](C)N[C@@H](C)C2)nc2ccccc12. The van der Waals surface area contributed by atoms with Crippen LogP contribution in [-0.2, 0) is 0 Å². The Morgan fingerprint density at radius 2 is 1.90 bits per heavy atom. The number of aromatic nitrogens is 1. The number of nitrogens with one attached hydrogen (secondary N) is 1. The van der Waals surface area contributed by atoms with Gasteiger partial charge in [0.2, 0.25) is 0 Å². The van der Waals surface area contributed by atoms with Gasteiger partial charge in [-0.25, -0.2) is 4.98 Å². The van der Waals surface area contributed by atoms with Crippen LogP contribution in [0.15, 0.2) is 30.3 Å². The van der Waals surface area contributed by atoms with Crippen molar-refractivity contribution in [2.75, 3.05) is 13.1 Å². The molecule has 4 nitrogen and oxygen atoms in total. The van der Waals surface area contributed by atoms with Gasteiger partial charge >= 0.3 is 0 Å². The highest BCUT2D eigenvalue weighted by Gasteiger charge is 2.26. The van der Waals surface area contributed by atoms with Gasteiger partial charge in [-0.15, -0.1) is 0 Å². The topological polar surface area (TPSA) is 45.2 Å². The Balaban J connectivity index is 1.94. The second-order valence-electron chi connectivity index (χ2n) is 6.02. The number of hydrogen-bond acceptors (Lipinski definition) is 3. The van der Waals surface area contributed by atoms with E-state index in [0.29, 0.717) is 17.8 Å². The molecule has 0 spiro atoms. The fraction of sp³-hybridized carbons (Fsp3) is 0.412. The number of pyridine rings is 1. The van der Waals surface area contributed by atoms with E-state index < -0.39 is 0 Å². The van der Waals surface area contributed by atoms with Crippen LogP contribution < -0.4 is 5.32 Å². The highest BCUT2D eigenvalue weighted by molar-refractivity contribution is 5.96. The Morgan fingerprint density at radius 1 is 1.24 bits per heavy atom. The third-order valence-electron chi connectivity index (χ3n) is 3.99. The molecule has 1 saturated heterocycles. The third kappa shape index (κ3) is 2.76. The minimum absolute atomic E-state index is 0.0315. The number of carbonyl (C=O) groups excluding carboxylic acids is 1. The van der Waals surface area contributed by atoms with Crippen LogP contribution in [0, 0.1) is 6.92 Å². The van der Waals surface area contributed by atoms with Gasteiger partial charge in [0.05, 0.1) is 5.52 Å². The summed E-state index contributed by atoms with van der Waals surface area (Å²) in [6.07, 6.45) is 0. The summed E-state index contributed by atoms with van der Waals surface area (Å²) in [6.45, 7) is 7.71. The molecule has 1 amide bonds. The summed E-state index contributed by atoms with van der Waals surface area (Å²) in [7, 11) is 0. The van der Waals surface area contributed by atoms with E-state index in [1.54, 1.807) is 0 Å². The molecule has 1 aliphatic rings. The first-order chi connectivity index (χ1) is 10.0.